The Hall–Kier alpha value is -3.20. The van der Waals surface area contributed by atoms with Crippen LogP contribution in [0.3, 0.4) is 0 Å². The van der Waals surface area contributed by atoms with E-state index in [-0.39, 0.29) is 23.4 Å². The lowest BCUT2D eigenvalue weighted by atomic mass is 10.0. The molecule has 2 fully saturated rings. The Labute approximate surface area is 214 Å². The fourth-order valence-electron chi connectivity index (χ4n) is 5.42. The van der Waals surface area contributed by atoms with Crippen LogP contribution in [0.25, 0.3) is 0 Å². The third-order valence-electron chi connectivity index (χ3n) is 7.20. The predicted octanol–water partition coefficient (Wildman–Crippen LogP) is 3.88. The smallest absolute Gasteiger partial charge is 0.269 e. The molecule has 0 radical (unpaired) electrons. The van der Waals surface area contributed by atoms with Gasteiger partial charge in [-0.15, -0.1) is 11.8 Å². The molecular weight excluding hydrogens is 475 g/mol. The molecule has 1 unspecified atom stereocenters. The number of benzene rings is 3. The van der Waals surface area contributed by atoms with Gasteiger partial charge in [0.1, 0.15) is 5.82 Å². The number of halogens is 1. The van der Waals surface area contributed by atoms with Crippen LogP contribution in [0.15, 0.2) is 78.9 Å². The van der Waals surface area contributed by atoms with Crippen molar-refractivity contribution in [2.75, 3.05) is 48.4 Å². The molecule has 1 atom stereocenters. The summed E-state index contributed by atoms with van der Waals surface area (Å²) in [6.07, 6.45) is 0. The van der Waals surface area contributed by atoms with Gasteiger partial charge >= 0.3 is 0 Å². The number of nitrogens with zero attached hydrogens (tertiary/aromatic N) is 4. The van der Waals surface area contributed by atoms with Crippen LogP contribution < -0.4 is 9.80 Å². The molecule has 6 nitrogen and oxygen atoms in total. The van der Waals surface area contributed by atoms with Gasteiger partial charge in [-0.3, -0.25) is 29.2 Å². The first-order chi connectivity index (χ1) is 17.6. The van der Waals surface area contributed by atoms with E-state index >= 15 is 0 Å². The van der Waals surface area contributed by atoms with E-state index in [1.54, 1.807) is 17.0 Å². The average Bonchev–Trinajstić information content (AvgIpc) is 3.37. The van der Waals surface area contributed by atoms with Crippen LogP contribution in [0.1, 0.15) is 11.1 Å². The summed E-state index contributed by atoms with van der Waals surface area (Å²) < 4.78 is 13.6. The van der Waals surface area contributed by atoms with Crippen LogP contribution in [0.2, 0.25) is 0 Å². The maximum absolute atomic E-state index is 14.2. The van der Waals surface area contributed by atoms with E-state index in [1.807, 2.05) is 35.2 Å². The van der Waals surface area contributed by atoms with Gasteiger partial charge in [0.05, 0.1) is 18.1 Å². The molecule has 6 rings (SSSR count). The number of hydrogen-bond acceptors (Lipinski definition) is 5. The number of anilines is 2. The summed E-state index contributed by atoms with van der Waals surface area (Å²) in [6.45, 7) is 4.98. The van der Waals surface area contributed by atoms with E-state index in [0.717, 1.165) is 44.0 Å². The molecule has 3 aromatic rings. The molecule has 2 amide bonds. The van der Waals surface area contributed by atoms with Crippen LogP contribution in [0.5, 0.6) is 0 Å². The lowest BCUT2D eigenvalue weighted by molar-refractivity contribution is -0.124. The van der Waals surface area contributed by atoms with Crippen LogP contribution in [-0.2, 0) is 21.0 Å². The van der Waals surface area contributed by atoms with Crippen LogP contribution in [-0.4, -0.2) is 60.2 Å². The summed E-state index contributed by atoms with van der Waals surface area (Å²) in [7, 11) is 0. The molecule has 3 aliphatic rings. The fourth-order valence-corrected chi connectivity index (χ4v) is 6.78. The Bertz CT molecular complexity index is 1280. The average molecular weight is 503 g/mol. The summed E-state index contributed by atoms with van der Waals surface area (Å²) in [6, 6.07) is 24.0. The van der Waals surface area contributed by atoms with E-state index in [4.69, 9.17) is 0 Å². The number of hydrogen-bond donors (Lipinski definition) is 0. The van der Waals surface area contributed by atoms with Crippen molar-refractivity contribution in [3.05, 3.63) is 95.8 Å². The third kappa shape index (κ3) is 3.89. The minimum atomic E-state index is -1.17. The molecule has 2 saturated heterocycles. The maximum Gasteiger partial charge on any atom is 0.269 e. The van der Waals surface area contributed by atoms with Gasteiger partial charge in [0, 0.05) is 44.0 Å². The second kappa shape index (κ2) is 9.35. The molecule has 0 saturated carbocycles. The molecule has 3 heterocycles. The van der Waals surface area contributed by atoms with Crippen molar-refractivity contribution in [3.8, 4) is 0 Å². The first-order valence-electron chi connectivity index (χ1n) is 12.2. The number of thioether (sulfide) groups is 1. The maximum atomic E-state index is 14.2. The minimum absolute atomic E-state index is 0.115. The molecule has 0 N–H and O–H groups in total. The molecule has 0 aliphatic carbocycles. The van der Waals surface area contributed by atoms with Crippen molar-refractivity contribution in [1.82, 2.24) is 9.80 Å². The summed E-state index contributed by atoms with van der Waals surface area (Å²) in [5.41, 5.74) is 3.49. The minimum Gasteiger partial charge on any atom is -0.297 e. The zero-order valence-electron chi connectivity index (χ0n) is 19.8. The Morgan fingerprint density at radius 2 is 1.47 bits per heavy atom. The molecule has 0 aromatic heterocycles. The fraction of sp³-hybridized carbons (Fsp3) is 0.286. The van der Waals surface area contributed by atoms with Gasteiger partial charge in [-0.25, -0.2) is 4.39 Å². The van der Waals surface area contributed by atoms with Gasteiger partial charge < -0.3 is 0 Å². The van der Waals surface area contributed by atoms with Crippen LogP contribution in [0, 0.1) is 5.82 Å². The number of fused-ring (bicyclic) bond motifs is 2. The Kier molecular flexibility index (Phi) is 6.03. The monoisotopic (exact) mass is 502 g/mol. The zero-order chi connectivity index (χ0) is 24.7. The standard InChI is InChI=1S/C28H27FN4O2S/c29-22-10-12-23(13-11-22)33-26(34)19-36-28(33)24-8-4-5-9-25(24)32(27(28)35)20-31-16-14-30(15-17-31)18-21-6-2-1-3-7-21/h1-13H,14-20H2. The second-order valence-corrected chi connectivity index (χ2v) is 10.6. The van der Waals surface area contributed by atoms with Gasteiger partial charge in [0.25, 0.3) is 5.91 Å². The molecular formula is C28H27FN4O2S. The predicted molar refractivity (Wildman–Crippen MR) is 140 cm³/mol. The first-order valence-corrected chi connectivity index (χ1v) is 13.2. The highest BCUT2D eigenvalue weighted by atomic mass is 32.2. The van der Waals surface area contributed by atoms with Crippen molar-refractivity contribution in [3.63, 3.8) is 0 Å². The molecule has 3 aliphatic heterocycles. The number of amides is 2. The number of piperazine rings is 1. The van der Waals surface area contributed by atoms with E-state index in [2.05, 4.69) is 34.1 Å². The van der Waals surface area contributed by atoms with E-state index in [0.29, 0.717) is 12.4 Å². The second-order valence-electron chi connectivity index (χ2n) is 9.41. The van der Waals surface area contributed by atoms with Gasteiger partial charge in [-0.05, 0) is 35.9 Å². The largest absolute Gasteiger partial charge is 0.297 e. The number of rotatable bonds is 5. The number of carbonyl (C=O) groups is 2. The van der Waals surface area contributed by atoms with Gasteiger partial charge in [0.2, 0.25) is 10.8 Å². The molecule has 1 spiro atoms. The molecule has 0 bridgehead atoms. The normalized spacial score (nSPS) is 22.6. The zero-order valence-corrected chi connectivity index (χ0v) is 20.7. The molecule has 3 aromatic carbocycles. The molecule has 8 heteroatoms. The Morgan fingerprint density at radius 3 is 2.22 bits per heavy atom. The first kappa shape index (κ1) is 23.2. The van der Waals surface area contributed by atoms with Gasteiger partial charge in [0.15, 0.2) is 0 Å². The lowest BCUT2D eigenvalue weighted by Gasteiger charge is -2.37. The summed E-state index contributed by atoms with van der Waals surface area (Å²) in [5, 5.41) is 0. The Morgan fingerprint density at radius 1 is 0.806 bits per heavy atom. The van der Waals surface area contributed by atoms with Crippen molar-refractivity contribution >= 4 is 35.0 Å². The number of carbonyl (C=O) groups excluding carboxylic acids is 2. The van der Waals surface area contributed by atoms with E-state index in [1.165, 1.54) is 29.5 Å². The summed E-state index contributed by atoms with van der Waals surface area (Å²) in [5.74, 6) is -0.441. The third-order valence-corrected chi connectivity index (χ3v) is 8.59. The van der Waals surface area contributed by atoms with Crippen LogP contribution >= 0.6 is 11.8 Å². The van der Waals surface area contributed by atoms with Crippen molar-refractivity contribution in [2.24, 2.45) is 0 Å². The quantitative estimate of drug-likeness (QED) is 0.530. The van der Waals surface area contributed by atoms with Crippen molar-refractivity contribution in [2.45, 2.75) is 11.4 Å². The van der Waals surface area contributed by atoms with Gasteiger partial charge in [-0.2, -0.15) is 0 Å². The Balaban J connectivity index is 1.24. The summed E-state index contributed by atoms with van der Waals surface area (Å²) >= 11 is 1.35. The number of para-hydroxylation sites is 1. The highest BCUT2D eigenvalue weighted by molar-refractivity contribution is 8.02. The van der Waals surface area contributed by atoms with Crippen molar-refractivity contribution in [1.29, 1.82) is 0 Å². The van der Waals surface area contributed by atoms with Gasteiger partial charge in [-0.1, -0.05) is 48.5 Å². The highest BCUT2D eigenvalue weighted by Gasteiger charge is 2.61. The highest BCUT2D eigenvalue weighted by Crippen LogP contribution is 2.55. The summed E-state index contributed by atoms with van der Waals surface area (Å²) in [4.78, 5) is 34.2. The molecule has 36 heavy (non-hydrogen) atoms. The van der Waals surface area contributed by atoms with E-state index in [9.17, 15) is 14.0 Å². The lowest BCUT2D eigenvalue weighted by Crippen LogP contribution is -2.54. The van der Waals surface area contributed by atoms with E-state index < -0.39 is 4.87 Å². The van der Waals surface area contributed by atoms with Crippen molar-refractivity contribution < 1.29 is 14.0 Å². The molecule has 184 valence electrons. The topological polar surface area (TPSA) is 47.1 Å². The SMILES string of the molecule is O=C1CSC2(C(=O)N(CN3CCN(Cc4ccccc4)CC3)c3ccccc32)N1c1ccc(F)cc1. The van der Waals surface area contributed by atoms with Crippen LogP contribution in [0.4, 0.5) is 15.8 Å².